The number of nitrogens with zero attached hydrogens (tertiary/aromatic N) is 2. The lowest BCUT2D eigenvalue weighted by atomic mass is 10.0. The van der Waals surface area contributed by atoms with Gasteiger partial charge in [0.05, 0.1) is 16.7 Å². The van der Waals surface area contributed by atoms with E-state index in [1.54, 1.807) is 42.5 Å². The topological polar surface area (TPSA) is 104 Å². The summed E-state index contributed by atoms with van der Waals surface area (Å²) in [4.78, 5) is 30.9. The SMILES string of the molecule is C=CCOc1ccc(C[C@H](NC(=O)c2ccc(C)nc2SCC=C)C(=O)NC2(C#N)CC2)cc1Cl. The highest BCUT2D eigenvalue weighted by atomic mass is 35.5. The molecule has 1 aliphatic rings. The van der Waals surface area contributed by atoms with Gasteiger partial charge in [-0.15, -0.1) is 18.3 Å². The second-order valence-electron chi connectivity index (χ2n) is 8.18. The molecule has 1 aromatic carbocycles. The Morgan fingerprint density at radius 2 is 2.09 bits per heavy atom. The molecular weight excluding hydrogens is 484 g/mol. The number of halogens is 1. The Labute approximate surface area is 214 Å². The van der Waals surface area contributed by atoms with Crippen LogP contribution in [-0.4, -0.2) is 40.7 Å². The van der Waals surface area contributed by atoms with Gasteiger partial charge in [-0.2, -0.15) is 5.26 Å². The molecule has 7 nitrogen and oxygen atoms in total. The van der Waals surface area contributed by atoms with Crippen LogP contribution >= 0.6 is 23.4 Å². The number of nitriles is 1. The maximum Gasteiger partial charge on any atom is 0.254 e. The first kappa shape index (κ1) is 26.3. The van der Waals surface area contributed by atoms with Gasteiger partial charge < -0.3 is 15.4 Å². The number of aryl methyl sites for hydroxylation is 1. The van der Waals surface area contributed by atoms with Gasteiger partial charge in [0.25, 0.3) is 5.91 Å². The van der Waals surface area contributed by atoms with Gasteiger partial charge >= 0.3 is 0 Å². The van der Waals surface area contributed by atoms with E-state index in [1.807, 2.05) is 6.92 Å². The van der Waals surface area contributed by atoms with E-state index < -0.39 is 23.4 Å². The van der Waals surface area contributed by atoms with E-state index in [4.69, 9.17) is 16.3 Å². The Morgan fingerprint density at radius 3 is 2.71 bits per heavy atom. The molecule has 0 bridgehead atoms. The summed E-state index contributed by atoms with van der Waals surface area (Å²) >= 11 is 7.73. The van der Waals surface area contributed by atoms with Crippen LogP contribution in [-0.2, 0) is 11.2 Å². The lowest BCUT2D eigenvalue weighted by Gasteiger charge is -2.21. The van der Waals surface area contributed by atoms with Crippen LogP contribution < -0.4 is 15.4 Å². The predicted octanol–water partition coefficient (Wildman–Crippen LogP) is 4.40. The molecule has 9 heteroatoms. The summed E-state index contributed by atoms with van der Waals surface area (Å²) in [5.74, 6) is 0.227. The van der Waals surface area contributed by atoms with Crippen molar-refractivity contribution in [3.8, 4) is 11.8 Å². The maximum atomic E-state index is 13.2. The van der Waals surface area contributed by atoms with Gasteiger partial charge in [0.1, 0.15) is 29.0 Å². The highest BCUT2D eigenvalue weighted by molar-refractivity contribution is 7.99. The monoisotopic (exact) mass is 510 g/mol. The normalized spacial score (nSPS) is 14.2. The molecule has 3 rings (SSSR count). The summed E-state index contributed by atoms with van der Waals surface area (Å²) in [6.07, 6.45) is 4.69. The average molecular weight is 511 g/mol. The molecule has 2 aromatic rings. The van der Waals surface area contributed by atoms with Crippen molar-refractivity contribution in [1.82, 2.24) is 15.6 Å². The molecule has 0 radical (unpaired) electrons. The zero-order valence-electron chi connectivity index (χ0n) is 19.5. The highest BCUT2D eigenvalue weighted by Gasteiger charge is 2.45. The van der Waals surface area contributed by atoms with Crippen LogP contribution in [0.3, 0.4) is 0 Å². The molecule has 1 atom stereocenters. The van der Waals surface area contributed by atoms with E-state index in [2.05, 4.69) is 34.8 Å². The fourth-order valence-electron chi connectivity index (χ4n) is 3.28. The van der Waals surface area contributed by atoms with Gasteiger partial charge in [-0.05, 0) is 49.6 Å². The number of thioether (sulfide) groups is 1. The molecular formula is C26H27ClN4O3S. The fourth-order valence-corrected chi connectivity index (χ4v) is 4.34. The molecule has 2 N–H and O–H groups in total. The summed E-state index contributed by atoms with van der Waals surface area (Å²) in [5, 5.41) is 16.0. The van der Waals surface area contributed by atoms with Gasteiger partial charge in [-0.1, -0.05) is 36.4 Å². The number of carbonyl (C=O) groups excluding carboxylic acids is 2. The summed E-state index contributed by atoms with van der Waals surface area (Å²) in [6.45, 7) is 9.49. The van der Waals surface area contributed by atoms with Crippen molar-refractivity contribution in [2.75, 3.05) is 12.4 Å². The third-order valence-electron chi connectivity index (χ3n) is 5.32. The number of benzene rings is 1. The van der Waals surface area contributed by atoms with E-state index in [9.17, 15) is 14.9 Å². The fraction of sp³-hybridized carbons (Fsp3) is 0.308. The molecule has 1 saturated carbocycles. The van der Waals surface area contributed by atoms with Crippen molar-refractivity contribution in [2.24, 2.45) is 0 Å². The van der Waals surface area contributed by atoms with Crippen LogP contribution in [0.15, 0.2) is 60.7 Å². The smallest absolute Gasteiger partial charge is 0.254 e. The van der Waals surface area contributed by atoms with Gasteiger partial charge in [0, 0.05) is 17.9 Å². The number of hydrogen-bond acceptors (Lipinski definition) is 6. The van der Waals surface area contributed by atoms with Gasteiger partial charge in [0.2, 0.25) is 5.91 Å². The van der Waals surface area contributed by atoms with Crippen molar-refractivity contribution in [1.29, 1.82) is 5.26 Å². The third-order valence-corrected chi connectivity index (χ3v) is 6.61. The Morgan fingerprint density at radius 1 is 1.31 bits per heavy atom. The Kier molecular flexibility index (Phi) is 8.96. The summed E-state index contributed by atoms with van der Waals surface area (Å²) < 4.78 is 5.51. The second-order valence-corrected chi connectivity index (χ2v) is 9.60. The van der Waals surface area contributed by atoms with Crippen LogP contribution in [0.4, 0.5) is 0 Å². The van der Waals surface area contributed by atoms with Crippen LogP contribution in [0.5, 0.6) is 5.75 Å². The molecule has 0 unspecified atom stereocenters. The van der Waals surface area contributed by atoms with Gasteiger partial charge in [-0.3, -0.25) is 9.59 Å². The number of rotatable bonds is 12. The molecule has 1 fully saturated rings. The van der Waals surface area contributed by atoms with Crippen molar-refractivity contribution < 1.29 is 14.3 Å². The first-order valence-electron chi connectivity index (χ1n) is 11.1. The van der Waals surface area contributed by atoms with Crippen molar-refractivity contribution >= 4 is 35.2 Å². The summed E-state index contributed by atoms with van der Waals surface area (Å²) in [6, 6.07) is 9.86. The van der Waals surface area contributed by atoms with Crippen molar-refractivity contribution in [3.63, 3.8) is 0 Å². The standard InChI is InChI=1S/C26H27ClN4O3S/c1-4-12-34-22-9-7-18(14-20(22)27)15-21(24(33)31-26(16-28)10-11-26)30-23(32)19-8-6-17(3)29-25(19)35-13-5-2/h4-9,14,21H,1-2,10-13,15H2,3H3,(H,30,32)(H,31,33)/t21-/m0/s1. The number of amides is 2. The minimum absolute atomic E-state index is 0.176. The largest absolute Gasteiger partial charge is 0.488 e. The molecule has 35 heavy (non-hydrogen) atoms. The van der Waals surface area contributed by atoms with Gasteiger partial charge in [-0.25, -0.2) is 4.98 Å². The Bertz CT molecular complexity index is 1170. The zero-order chi connectivity index (χ0) is 25.4. The van der Waals surface area contributed by atoms with Crippen LogP contribution in [0.2, 0.25) is 5.02 Å². The summed E-state index contributed by atoms with van der Waals surface area (Å²) in [7, 11) is 0. The zero-order valence-corrected chi connectivity index (χ0v) is 21.0. The highest BCUT2D eigenvalue weighted by Crippen LogP contribution is 2.34. The lowest BCUT2D eigenvalue weighted by Crippen LogP contribution is -2.51. The predicted molar refractivity (Wildman–Crippen MR) is 138 cm³/mol. The first-order chi connectivity index (χ1) is 16.8. The molecule has 1 aliphatic carbocycles. The van der Waals surface area contributed by atoms with Crippen LogP contribution in [0, 0.1) is 18.3 Å². The van der Waals surface area contributed by atoms with Crippen molar-refractivity contribution in [3.05, 3.63) is 77.5 Å². The molecule has 1 aromatic heterocycles. The van der Waals surface area contributed by atoms with E-state index in [-0.39, 0.29) is 6.42 Å². The third kappa shape index (κ3) is 7.10. The molecule has 0 aliphatic heterocycles. The number of ether oxygens (including phenoxy) is 1. The van der Waals surface area contributed by atoms with Crippen molar-refractivity contribution in [2.45, 2.75) is 42.8 Å². The molecule has 0 spiro atoms. The maximum absolute atomic E-state index is 13.2. The quantitative estimate of drug-likeness (QED) is 0.324. The van der Waals surface area contributed by atoms with E-state index in [0.29, 0.717) is 46.6 Å². The minimum Gasteiger partial charge on any atom is -0.488 e. The van der Waals surface area contributed by atoms with Crippen LogP contribution in [0.1, 0.15) is 34.5 Å². The lowest BCUT2D eigenvalue weighted by molar-refractivity contribution is -0.123. The van der Waals surface area contributed by atoms with E-state index >= 15 is 0 Å². The number of aromatic nitrogens is 1. The number of carbonyl (C=O) groups is 2. The first-order valence-corrected chi connectivity index (χ1v) is 12.4. The van der Waals surface area contributed by atoms with E-state index in [1.165, 1.54) is 11.8 Å². The second kappa shape index (κ2) is 11.9. The minimum atomic E-state index is -0.928. The Balaban J connectivity index is 1.84. The van der Waals surface area contributed by atoms with Gasteiger partial charge in [0.15, 0.2) is 0 Å². The number of pyridine rings is 1. The average Bonchev–Trinajstić information content (AvgIpc) is 3.61. The van der Waals surface area contributed by atoms with E-state index in [0.717, 1.165) is 11.3 Å². The molecule has 2 amide bonds. The summed E-state index contributed by atoms with van der Waals surface area (Å²) in [5.41, 5.74) is 1.01. The number of hydrogen-bond donors (Lipinski definition) is 2. The molecule has 182 valence electrons. The van der Waals surface area contributed by atoms with Crippen LogP contribution in [0.25, 0.3) is 0 Å². The molecule has 1 heterocycles. The number of nitrogens with one attached hydrogen (secondary N) is 2. The Hall–Kier alpha value is -3.28. The molecule has 0 saturated heterocycles.